The highest BCUT2D eigenvalue weighted by Crippen LogP contribution is 2.68. The normalized spacial score (nSPS) is 18.1. The molecular weight excluding hydrogens is 914 g/mol. The van der Waals surface area contributed by atoms with E-state index >= 15 is 8.78 Å². The number of nitrogens with zero attached hydrogens (tertiary/aromatic N) is 7. The van der Waals surface area contributed by atoms with Gasteiger partial charge in [0.25, 0.3) is 18.2 Å². The van der Waals surface area contributed by atoms with Crippen LogP contribution in [0.5, 0.6) is 0 Å². The molecule has 0 saturated heterocycles. The van der Waals surface area contributed by atoms with E-state index in [4.69, 9.17) is 21.0 Å². The van der Waals surface area contributed by atoms with Gasteiger partial charge in [0.05, 0.1) is 32.9 Å². The maximum Gasteiger partial charge on any atom is 0.321 e. The van der Waals surface area contributed by atoms with Crippen molar-refractivity contribution in [3.8, 4) is 23.0 Å². The molecule has 340 valence electrons. The van der Waals surface area contributed by atoms with Crippen molar-refractivity contribution in [3.63, 3.8) is 0 Å². The summed E-state index contributed by atoms with van der Waals surface area (Å²) in [5.41, 5.74) is -1.19. The van der Waals surface area contributed by atoms with E-state index in [0.29, 0.717) is 29.2 Å². The topological polar surface area (TPSA) is 163 Å². The summed E-state index contributed by atoms with van der Waals surface area (Å²) in [6, 6.07) is 6.77. The SMILES string of the molecule is Cn1nc(Nc2nnc(C(F)F)o2)c2c(Cl)ccc(-c3ccc(C#CC(C)(C)S(=O)(=O)C4CC4)nc3[C@H](Cc3cc(F)cc(F)c3)NC(=O)Cn3nc(C(F)F)c4c3C(F)(F)C3C[C@H]43)c21. The molecule has 4 heterocycles. The molecule has 0 radical (unpaired) electrons. The molecule has 23 heteroatoms. The highest BCUT2D eigenvalue weighted by atomic mass is 35.5. The summed E-state index contributed by atoms with van der Waals surface area (Å²) in [7, 11) is -2.18. The molecule has 2 fully saturated rings. The van der Waals surface area contributed by atoms with Crippen LogP contribution in [0.4, 0.5) is 47.0 Å². The highest BCUT2D eigenvalue weighted by Gasteiger charge is 2.67. The number of hydrogen-bond donors (Lipinski definition) is 2. The summed E-state index contributed by atoms with van der Waals surface area (Å²) < 4.78 is 147. The highest BCUT2D eigenvalue weighted by molar-refractivity contribution is 7.93. The van der Waals surface area contributed by atoms with Gasteiger partial charge in [0.15, 0.2) is 15.7 Å². The number of hydrogen-bond acceptors (Lipinski definition) is 10. The van der Waals surface area contributed by atoms with Crippen LogP contribution < -0.4 is 10.6 Å². The first-order chi connectivity index (χ1) is 30.6. The second-order valence-corrected chi connectivity index (χ2v) is 19.8. The molecule has 4 aromatic heterocycles. The fraction of sp³-hybridized carbons (Fsp3) is 0.381. The lowest BCUT2D eigenvalue weighted by atomic mass is 9.93. The van der Waals surface area contributed by atoms with Gasteiger partial charge in [-0.25, -0.2) is 31.0 Å². The number of anilines is 2. The number of sulfone groups is 1. The van der Waals surface area contributed by atoms with Crippen LogP contribution in [0.15, 0.2) is 46.9 Å². The van der Waals surface area contributed by atoms with Crippen LogP contribution in [-0.2, 0) is 40.6 Å². The number of pyridine rings is 1. The molecule has 2 N–H and O–H groups in total. The van der Waals surface area contributed by atoms with Gasteiger partial charge in [-0.3, -0.25) is 19.5 Å². The Bertz CT molecular complexity index is 3080. The molecule has 1 unspecified atom stereocenters. The monoisotopic (exact) mass is 947 g/mol. The first-order valence-electron chi connectivity index (χ1n) is 20.0. The third-order valence-electron chi connectivity index (χ3n) is 11.7. The van der Waals surface area contributed by atoms with Gasteiger partial charge in [-0.1, -0.05) is 28.7 Å². The van der Waals surface area contributed by atoms with E-state index in [-0.39, 0.29) is 56.2 Å². The summed E-state index contributed by atoms with van der Waals surface area (Å²) in [6.45, 7) is 1.93. The third kappa shape index (κ3) is 7.95. The molecule has 3 aliphatic carbocycles. The Morgan fingerprint density at radius 3 is 2.37 bits per heavy atom. The van der Waals surface area contributed by atoms with Crippen molar-refractivity contribution in [3.05, 3.63) is 98.9 Å². The van der Waals surface area contributed by atoms with Crippen molar-refractivity contribution in [1.82, 2.24) is 40.1 Å². The molecule has 9 rings (SSSR count). The predicted octanol–water partition coefficient (Wildman–Crippen LogP) is 8.78. The number of fused-ring (bicyclic) bond motifs is 4. The molecular formula is C42H34ClF8N9O4S. The number of amides is 1. The van der Waals surface area contributed by atoms with Crippen molar-refractivity contribution in [2.45, 2.75) is 86.8 Å². The lowest BCUT2D eigenvalue weighted by Gasteiger charge is -2.23. The van der Waals surface area contributed by atoms with Crippen LogP contribution >= 0.6 is 11.6 Å². The number of aryl methyl sites for hydroxylation is 1. The van der Waals surface area contributed by atoms with E-state index in [1.54, 1.807) is 6.07 Å². The van der Waals surface area contributed by atoms with Gasteiger partial charge >= 0.3 is 12.4 Å². The van der Waals surface area contributed by atoms with E-state index in [1.807, 2.05) is 0 Å². The predicted molar refractivity (Wildman–Crippen MR) is 217 cm³/mol. The fourth-order valence-corrected chi connectivity index (χ4v) is 10.4. The molecule has 0 spiro atoms. The summed E-state index contributed by atoms with van der Waals surface area (Å²) in [6.07, 6.45) is -5.72. The van der Waals surface area contributed by atoms with Gasteiger partial charge < -0.3 is 9.73 Å². The van der Waals surface area contributed by atoms with Crippen LogP contribution in [0.2, 0.25) is 5.02 Å². The largest absolute Gasteiger partial charge is 0.402 e. The molecule has 2 saturated carbocycles. The zero-order chi connectivity index (χ0) is 46.5. The van der Waals surface area contributed by atoms with Gasteiger partial charge in [0.2, 0.25) is 5.91 Å². The average molecular weight is 948 g/mol. The number of rotatable bonds is 13. The standard InChI is InChI=1S/C42H34ClF8N9O4S/c1-41(2,65(62,63)22-5-6-22)11-10-21-4-7-23(24-8-9-27(43)31-34(24)59(3)58-38(31)54-40-56-55-39(64-40)37(48)49)32(52-21)28(14-18-12-19(44)15-20(45)13-18)53-29(61)17-60-35-30(33(57-60)36(46)47)25-16-26(25)42(35,50)51/h4,7-9,12-13,15,22,25-26,28,36-37H,5-6,14,16-17H2,1-3H3,(H,53,61)(H,54,56,58)/t25-,26?,28-/m0/s1. The first kappa shape index (κ1) is 44.1. The van der Waals surface area contributed by atoms with E-state index in [0.717, 1.165) is 12.1 Å². The number of halogens is 9. The number of benzene rings is 2. The Balaban J connectivity index is 1.18. The van der Waals surface area contributed by atoms with Gasteiger partial charge in [-0.05, 0) is 87.3 Å². The van der Waals surface area contributed by atoms with Crippen molar-refractivity contribution in [2.24, 2.45) is 13.0 Å². The smallest absolute Gasteiger partial charge is 0.321 e. The van der Waals surface area contributed by atoms with Crippen molar-refractivity contribution < 1.29 is 52.8 Å². The zero-order valence-electron chi connectivity index (χ0n) is 34.1. The van der Waals surface area contributed by atoms with Crippen LogP contribution in [0.3, 0.4) is 0 Å². The maximum absolute atomic E-state index is 15.5. The maximum atomic E-state index is 15.5. The van der Waals surface area contributed by atoms with Gasteiger partial charge in [-0.15, -0.1) is 5.10 Å². The fourth-order valence-electron chi connectivity index (χ4n) is 8.41. The number of nitrogens with one attached hydrogen (secondary N) is 2. The molecule has 0 aliphatic heterocycles. The van der Waals surface area contributed by atoms with E-state index in [2.05, 4.69) is 42.9 Å². The van der Waals surface area contributed by atoms with Crippen molar-refractivity contribution in [1.29, 1.82) is 0 Å². The second kappa shape index (κ2) is 15.8. The minimum Gasteiger partial charge on any atom is -0.402 e. The van der Waals surface area contributed by atoms with Crippen LogP contribution in [-0.4, -0.2) is 59.1 Å². The van der Waals surface area contributed by atoms with Gasteiger partial charge in [-0.2, -0.15) is 27.8 Å². The molecule has 6 aromatic rings. The Morgan fingerprint density at radius 2 is 1.71 bits per heavy atom. The van der Waals surface area contributed by atoms with Crippen molar-refractivity contribution >= 4 is 50.1 Å². The van der Waals surface area contributed by atoms with E-state index in [9.17, 15) is 39.6 Å². The second-order valence-electron chi connectivity index (χ2n) is 16.6. The summed E-state index contributed by atoms with van der Waals surface area (Å²) >= 11 is 6.71. The summed E-state index contributed by atoms with van der Waals surface area (Å²) in [5.74, 6) is -3.93. The molecule has 65 heavy (non-hydrogen) atoms. The van der Waals surface area contributed by atoms with E-state index < -0.39 is 110 Å². The molecule has 0 bridgehead atoms. The average Bonchev–Trinajstić information content (AvgIpc) is 4.11. The molecule has 3 atom stereocenters. The Kier molecular flexibility index (Phi) is 10.7. The molecule has 1 amide bonds. The summed E-state index contributed by atoms with van der Waals surface area (Å²) in [5, 5.41) is 20.2. The number of aromatic nitrogens is 7. The number of carbonyl (C=O) groups excluding carboxylic acids is 1. The van der Waals surface area contributed by atoms with Gasteiger partial charge in [0.1, 0.15) is 40.0 Å². The number of carbonyl (C=O) groups is 1. The van der Waals surface area contributed by atoms with Crippen LogP contribution in [0, 0.1) is 29.4 Å². The Labute approximate surface area is 368 Å². The summed E-state index contributed by atoms with van der Waals surface area (Å²) in [4.78, 5) is 18.9. The lowest BCUT2D eigenvalue weighted by Crippen LogP contribution is -2.35. The molecule has 13 nitrogen and oxygen atoms in total. The quantitative estimate of drug-likeness (QED) is 0.0846. The molecule has 3 aliphatic rings. The third-order valence-corrected chi connectivity index (χ3v) is 14.8. The zero-order valence-corrected chi connectivity index (χ0v) is 35.7. The van der Waals surface area contributed by atoms with Crippen LogP contribution in [0.25, 0.3) is 22.0 Å². The minimum absolute atomic E-state index is 0.00344. The Hall–Kier alpha value is -6.08. The number of alkyl halides is 6. The van der Waals surface area contributed by atoms with E-state index in [1.165, 1.54) is 43.8 Å². The first-order valence-corrected chi connectivity index (χ1v) is 21.9. The lowest BCUT2D eigenvalue weighted by molar-refractivity contribution is -0.123. The van der Waals surface area contributed by atoms with Crippen LogP contribution in [0.1, 0.15) is 97.7 Å². The van der Waals surface area contributed by atoms with Crippen molar-refractivity contribution in [2.75, 3.05) is 5.32 Å². The molecule has 2 aromatic carbocycles. The van der Waals surface area contributed by atoms with Gasteiger partial charge in [0, 0.05) is 35.7 Å². The minimum atomic E-state index is -3.70. The Morgan fingerprint density at radius 1 is 1.00 bits per heavy atom.